The molecule has 126 valence electrons. The van der Waals surface area contributed by atoms with E-state index in [0.717, 1.165) is 30.2 Å². The molecule has 2 heterocycles. The van der Waals surface area contributed by atoms with Gasteiger partial charge < -0.3 is 4.74 Å². The topological polar surface area (TPSA) is 72.3 Å². The lowest BCUT2D eigenvalue weighted by Crippen LogP contribution is -2.31. The van der Waals surface area contributed by atoms with Crippen LogP contribution in [0, 0.1) is 17.1 Å². The zero-order chi connectivity index (χ0) is 17.3. The molecule has 0 N–H and O–H groups in total. The van der Waals surface area contributed by atoms with E-state index in [4.69, 9.17) is 10.00 Å². The van der Waals surface area contributed by atoms with Crippen LogP contribution in [-0.4, -0.2) is 15.5 Å². The van der Waals surface area contributed by atoms with Crippen LogP contribution in [0.15, 0.2) is 21.9 Å². The van der Waals surface area contributed by atoms with Crippen molar-refractivity contribution in [2.75, 3.05) is 0 Å². The van der Waals surface area contributed by atoms with Gasteiger partial charge in [-0.05, 0) is 44.1 Å². The van der Waals surface area contributed by atoms with Crippen molar-refractivity contribution in [2.24, 2.45) is 4.99 Å². The van der Waals surface area contributed by atoms with Crippen molar-refractivity contribution in [1.29, 1.82) is 5.26 Å². The molecule has 1 aliphatic heterocycles. The van der Waals surface area contributed by atoms with Gasteiger partial charge in [0.2, 0.25) is 4.80 Å². The SMILES string of the molecule is CC(C)Oc1cc(N=c2sc(=O)n3n2CCCC3)c(F)cc1C#N. The highest BCUT2D eigenvalue weighted by Gasteiger charge is 2.15. The van der Waals surface area contributed by atoms with Crippen molar-refractivity contribution in [3.63, 3.8) is 0 Å². The average molecular weight is 348 g/mol. The van der Waals surface area contributed by atoms with Gasteiger partial charge in [0.25, 0.3) is 0 Å². The Morgan fingerprint density at radius 3 is 2.71 bits per heavy atom. The molecule has 0 unspecified atom stereocenters. The van der Waals surface area contributed by atoms with Crippen LogP contribution in [-0.2, 0) is 13.1 Å². The Balaban J connectivity index is 2.14. The maximum absolute atomic E-state index is 14.3. The first-order chi connectivity index (χ1) is 11.5. The third-order valence-electron chi connectivity index (χ3n) is 3.64. The summed E-state index contributed by atoms with van der Waals surface area (Å²) in [5.74, 6) is -0.322. The van der Waals surface area contributed by atoms with Gasteiger partial charge in [-0.2, -0.15) is 5.26 Å². The number of hydrogen-bond donors (Lipinski definition) is 0. The van der Waals surface area contributed by atoms with Crippen LogP contribution in [0.2, 0.25) is 0 Å². The summed E-state index contributed by atoms with van der Waals surface area (Å²) in [7, 11) is 0. The molecule has 1 aromatic heterocycles. The van der Waals surface area contributed by atoms with E-state index in [1.807, 2.05) is 19.9 Å². The van der Waals surface area contributed by atoms with E-state index in [-0.39, 0.29) is 28.0 Å². The highest BCUT2D eigenvalue weighted by Crippen LogP contribution is 2.28. The van der Waals surface area contributed by atoms with Gasteiger partial charge >= 0.3 is 4.87 Å². The average Bonchev–Trinajstić information content (AvgIpc) is 2.86. The number of nitriles is 1. The molecule has 0 amide bonds. The van der Waals surface area contributed by atoms with Crippen LogP contribution in [0.3, 0.4) is 0 Å². The Bertz CT molecular complexity index is 933. The van der Waals surface area contributed by atoms with Gasteiger partial charge in [-0.25, -0.2) is 14.1 Å². The number of halogens is 1. The molecule has 3 rings (SSSR count). The Morgan fingerprint density at radius 2 is 2.04 bits per heavy atom. The number of ether oxygens (including phenoxy) is 1. The molecule has 0 bridgehead atoms. The van der Waals surface area contributed by atoms with Crippen LogP contribution in [0.5, 0.6) is 5.75 Å². The molecule has 0 aliphatic carbocycles. The van der Waals surface area contributed by atoms with Crippen LogP contribution in [0.4, 0.5) is 10.1 Å². The summed E-state index contributed by atoms with van der Waals surface area (Å²) in [5, 5.41) is 9.12. The summed E-state index contributed by atoms with van der Waals surface area (Å²) in [6, 6.07) is 4.46. The Morgan fingerprint density at radius 1 is 1.33 bits per heavy atom. The van der Waals surface area contributed by atoms with Gasteiger partial charge in [-0.1, -0.05) is 0 Å². The highest BCUT2D eigenvalue weighted by molar-refractivity contribution is 7.06. The second-order valence-corrected chi connectivity index (χ2v) is 6.71. The molecular weight excluding hydrogens is 331 g/mol. The zero-order valence-corrected chi connectivity index (χ0v) is 14.3. The Labute approximate surface area is 142 Å². The van der Waals surface area contributed by atoms with Crippen molar-refractivity contribution >= 4 is 17.0 Å². The lowest BCUT2D eigenvalue weighted by atomic mass is 10.2. The summed E-state index contributed by atoms with van der Waals surface area (Å²) in [4.78, 5) is 16.7. The van der Waals surface area contributed by atoms with E-state index >= 15 is 0 Å². The standard InChI is InChI=1S/C16H17FN4O2S/c1-10(2)23-14-8-13(12(17)7-11(14)9-18)19-15-20-5-3-4-6-21(20)16(22)24-15/h7-8,10H,3-6H2,1-2H3. The number of hydrogen-bond acceptors (Lipinski definition) is 5. The monoisotopic (exact) mass is 348 g/mol. The summed E-state index contributed by atoms with van der Waals surface area (Å²) in [6.45, 7) is 4.99. The van der Waals surface area contributed by atoms with Gasteiger partial charge in [0.1, 0.15) is 17.5 Å². The fourth-order valence-electron chi connectivity index (χ4n) is 2.59. The van der Waals surface area contributed by atoms with E-state index in [9.17, 15) is 9.18 Å². The van der Waals surface area contributed by atoms with Crippen molar-refractivity contribution in [1.82, 2.24) is 9.36 Å². The second kappa shape index (κ2) is 6.61. The minimum absolute atomic E-state index is 0.0624. The van der Waals surface area contributed by atoms with Crippen LogP contribution in [0.1, 0.15) is 32.3 Å². The first-order valence-electron chi connectivity index (χ1n) is 7.75. The molecule has 1 aliphatic rings. The predicted octanol–water partition coefficient (Wildman–Crippen LogP) is 2.54. The van der Waals surface area contributed by atoms with Crippen molar-refractivity contribution in [3.05, 3.63) is 38.0 Å². The molecule has 24 heavy (non-hydrogen) atoms. The lowest BCUT2D eigenvalue weighted by molar-refractivity contribution is 0.241. The van der Waals surface area contributed by atoms with E-state index in [1.165, 1.54) is 6.07 Å². The highest BCUT2D eigenvalue weighted by atomic mass is 32.1. The molecule has 6 nitrogen and oxygen atoms in total. The summed E-state index contributed by atoms with van der Waals surface area (Å²) >= 11 is 0.995. The van der Waals surface area contributed by atoms with Crippen LogP contribution < -0.4 is 14.4 Å². The number of fused-ring (bicyclic) bond motifs is 1. The number of rotatable bonds is 3. The normalized spacial score (nSPS) is 14.5. The van der Waals surface area contributed by atoms with Gasteiger partial charge in [0, 0.05) is 19.2 Å². The molecule has 0 radical (unpaired) electrons. The third kappa shape index (κ3) is 3.12. The maximum Gasteiger partial charge on any atom is 0.325 e. The molecule has 0 spiro atoms. The molecule has 1 aromatic carbocycles. The third-order valence-corrected chi connectivity index (χ3v) is 4.51. The molecule has 0 saturated heterocycles. The minimum atomic E-state index is -0.612. The predicted molar refractivity (Wildman–Crippen MR) is 87.9 cm³/mol. The van der Waals surface area contributed by atoms with Crippen LogP contribution in [0.25, 0.3) is 0 Å². The minimum Gasteiger partial charge on any atom is -0.490 e. The Hall–Kier alpha value is -2.40. The second-order valence-electron chi connectivity index (χ2n) is 5.79. The zero-order valence-electron chi connectivity index (χ0n) is 13.5. The quantitative estimate of drug-likeness (QED) is 0.856. The van der Waals surface area contributed by atoms with Gasteiger partial charge in [-0.15, -0.1) is 0 Å². The first kappa shape index (κ1) is 16.5. The molecule has 2 aromatic rings. The number of nitrogens with zero attached hydrogens (tertiary/aromatic N) is 4. The van der Waals surface area contributed by atoms with E-state index in [0.29, 0.717) is 17.9 Å². The lowest BCUT2D eigenvalue weighted by Gasteiger charge is -2.16. The van der Waals surface area contributed by atoms with Crippen molar-refractivity contribution < 1.29 is 9.13 Å². The van der Waals surface area contributed by atoms with Gasteiger partial charge in [0.05, 0.1) is 11.7 Å². The molecule has 0 fully saturated rings. The number of benzene rings is 1. The largest absolute Gasteiger partial charge is 0.490 e. The molecule has 8 heteroatoms. The first-order valence-corrected chi connectivity index (χ1v) is 8.57. The maximum atomic E-state index is 14.3. The summed E-state index contributed by atoms with van der Waals surface area (Å²) in [5.41, 5.74) is 0.187. The number of aromatic nitrogens is 2. The van der Waals surface area contributed by atoms with Gasteiger partial charge in [-0.3, -0.25) is 9.48 Å². The molecular formula is C16H17FN4O2S. The van der Waals surface area contributed by atoms with E-state index < -0.39 is 5.82 Å². The molecule has 0 saturated carbocycles. The van der Waals surface area contributed by atoms with Gasteiger partial charge in [0.15, 0.2) is 5.82 Å². The Kier molecular flexibility index (Phi) is 4.53. The summed E-state index contributed by atoms with van der Waals surface area (Å²) in [6.07, 6.45) is 1.76. The van der Waals surface area contributed by atoms with E-state index in [2.05, 4.69) is 4.99 Å². The van der Waals surface area contributed by atoms with Crippen molar-refractivity contribution in [3.8, 4) is 11.8 Å². The fourth-order valence-corrected chi connectivity index (χ4v) is 3.48. The fraction of sp³-hybridized carbons (Fsp3) is 0.438. The summed E-state index contributed by atoms with van der Waals surface area (Å²) < 4.78 is 23.3. The van der Waals surface area contributed by atoms with Crippen molar-refractivity contribution in [2.45, 2.75) is 45.9 Å². The molecule has 0 atom stereocenters. The smallest absolute Gasteiger partial charge is 0.325 e. The van der Waals surface area contributed by atoms with Crippen LogP contribution >= 0.6 is 11.3 Å². The van der Waals surface area contributed by atoms with E-state index in [1.54, 1.807) is 9.36 Å².